The van der Waals surface area contributed by atoms with Crippen LogP contribution in [0, 0.1) is 0 Å². The standard InChI is InChI=1S/C20H22N2O4/c1-21(17-10-6-3-7-11-17)19(23)14-18-12-13-22(26-18)20(24)25-15-16-8-4-2-5-9-16/h2-11,18H,12-15H2,1H3/t18-/m1/s1. The van der Waals surface area contributed by atoms with E-state index < -0.39 is 6.09 Å². The number of hydrogen-bond donors (Lipinski definition) is 0. The molecule has 1 aliphatic rings. The van der Waals surface area contributed by atoms with Crippen LogP contribution in [-0.2, 0) is 21.0 Å². The number of carbonyl (C=O) groups is 2. The van der Waals surface area contributed by atoms with Gasteiger partial charge in [-0.2, -0.15) is 5.06 Å². The van der Waals surface area contributed by atoms with Gasteiger partial charge in [-0.05, 0) is 24.1 Å². The summed E-state index contributed by atoms with van der Waals surface area (Å²) in [6.45, 7) is 0.612. The molecule has 0 N–H and O–H groups in total. The second-order valence-corrected chi connectivity index (χ2v) is 6.15. The molecule has 0 unspecified atom stereocenters. The van der Waals surface area contributed by atoms with Crippen LogP contribution in [0.25, 0.3) is 0 Å². The zero-order chi connectivity index (χ0) is 18.4. The van der Waals surface area contributed by atoms with Crippen molar-refractivity contribution in [3.05, 3.63) is 66.2 Å². The smallest absolute Gasteiger partial charge is 0.434 e. The number of para-hydroxylation sites is 1. The second-order valence-electron chi connectivity index (χ2n) is 6.15. The quantitative estimate of drug-likeness (QED) is 0.826. The summed E-state index contributed by atoms with van der Waals surface area (Å²) in [5, 5.41) is 1.20. The molecule has 1 saturated heterocycles. The number of nitrogens with zero attached hydrogens (tertiary/aromatic N) is 2. The van der Waals surface area contributed by atoms with E-state index in [1.165, 1.54) is 5.06 Å². The lowest BCUT2D eigenvalue weighted by Gasteiger charge is -2.20. The topological polar surface area (TPSA) is 59.1 Å². The Morgan fingerprint density at radius 1 is 1.12 bits per heavy atom. The van der Waals surface area contributed by atoms with E-state index in [0.29, 0.717) is 13.0 Å². The number of anilines is 1. The first-order valence-electron chi connectivity index (χ1n) is 8.60. The zero-order valence-electron chi connectivity index (χ0n) is 14.7. The molecule has 0 aromatic heterocycles. The summed E-state index contributed by atoms with van der Waals surface area (Å²) in [5.41, 5.74) is 1.74. The van der Waals surface area contributed by atoms with Crippen LogP contribution in [-0.4, -0.2) is 36.8 Å². The van der Waals surface area contributed by atoms with E-state index in [0.717, 1.165) is 11.3 Å². The number of benzene rings is 2. The Balaban J connectivity index is 1.46. The van der Waals surface area contributed by atoms with Crippen molar-refractivity contribution in [2.75, 3.05) is 18.5 Å². The first-order chi connectivity index (χ1) is 12.6. The van der Waals surface area contributed by atoms with Gasteiger partial charge in [-0.1, -0.05) is 48.5 Å². The molecule has 2 aromatic carbocycles. The molecule has 2 aromatic rings. The highest BCUT2D eigenvalue weighted by Crippen LogP contribution is 2.20. The fourth-order valence-electron chi connectivity index (χ4n) is 2.74. The van der Waals surface area contributed by atoms with Crippen LogP contribution in [0.3, 0.4) is 0 Å². The molecule has 0 bridgehead atoms. The molecular weight excluding hydrogens is 332 g/mol. The minimum atomic E-state index is -0.528. The van der Waals surface area contributed by atoms with Crippen LogP contribution in [0.4, 0.5) is 10.5 Å². The number of hydroxylamine groups is 2. The number of amides is 2. The summed E-state index contributed by atoms with van der Waals surface area (Å²) in [5.74, 6) is -0.0549. The Labute approximate surface area is 152 Å². The summed E-state index contributed by atoms with van der Waals surface area (Å²) < 4.78 is 5.25. The highest BCUT2D eigenvalue weighted by atomic mass is 16.7. The molecule has 3 rings (SSSR count). The van der Waals surface area contributed by atoms with Gasteiger partial charge in [0.2, 0.25) is 5.91 Å². The maximum atomic E-state index is 12.4. The van der Waals surface area contributed by atoms with E-state index in [9.17, 15) is 9.59 Å². The number of hydrogen-bond acceptors (Lipinski definition) is 4. The first kappa shape index (κ1) is 17.9. The molecule has 6 nitrogen and oxygen atoms in total. The summed E-state index contributed by atoms with van der Waals surface area (Å²) >= 11 is 0. The lowest BCUT2D eigenvalue weighted by atomic mass is 10.1. The van der Waals surface area contributed by atoms with Gasteiger partial charge in [0.1, 0.15) is 6.61 Å². The predicted molar refractivity (Wildman–Crippen MR) is 97.3 cm³/mol. The van der Waals surface area contributed by atoms with Crippen LogP contribution in [0.15, 0.2) is 60.7 Å². The van der Waals surface area contributed by atoms with Crippen LogP contribution < -0.4 is 4.90 Å². The van der Waals surface area contributed by atoms with Crippen molar-refractivity contribution in [1.29, 1.82) is 0 Å². The maximum absolute atomic E-state index is 12.4. The number of ether oxygens (including phenoxy) is 1. The lowest BCUT2D eigenvalue weighted by molar-refractivity contribution is -0.139. The largest absolute Gasteiger partial charge is 0.443 e. The van der Waals surface area contributed by atoms with E-state index >= 15 is 0 Å². The third kappa shape index (κ3) is 4.61. The van der Waals surface area contributed by atoms with Gasteiger partial charge in [0, 0.05) is 12.7 Å². The highest BCUT2D eigenvalue weighted by Gasteiger charge is 2.31. The van der Waals surface area contributed by atoms with Crippen molar-refractivity contribution in [2.45, 2.75) is 25.6 Å². The molecule has 0 saturated carbocycles. The van der Waals surface area contributed by atoms with Crippen LogP contribution in [0.1, 0.15) is 18.4 Å². The van der Waals surface area contributed by atoms with Gasteiger partial charge < -0.3 is 9.64 Å². The molecule has 0 aliphatic carbocycles. The maximum Gasteiger partial charge on any atom is 0.434 e. The summed E-state index contributed by atoms with van der Waals surface area (Å²) in [6.07, 6.45) is -0.0268. The molecule has 1 heterocycles. The molecule has 136 valence electrons. The molecule has 0 radical (unpaired) electrons. The Hall–Kier alpha value is -2.86. The van der Waals surface area contributed by atoms with E-state index in [-0.39, 0.29) is 25.0 Å². The Morgan fingerprint density at radius 3 is 2.46 bits per heavy atom. The van der Waals surface area contributed by atoms with Crippen molar-refractivity contribution < 1.29 is 19.2 Å². The van der Waals surface area contributed by atoms with E-state index in [1.54, 1.807) is 11.9 Å². The Morgan fingerprint density at radius 2 is 1.77 bits per heavy atom. The van der Waals surface area contributed by atoms with Gasteiger partial charge in [-0.15, -0.1) is 0 Å². The van der Waals surface area contributed by atoms with Crippen molar-refractivity contribution in [1.82, 2.24) is 5.06 Å². The van der Waals surface area contributed by atoms with Gasteiger partial charge in [-0.3, -0.25) is 9.63 Å². The molecule has 1 atom stereocenters. The molecule has 6 heteroatoms. The third-order valence-electron chi connectivity index (χ3n) is 4.26. The second kappa shape index (κ2) is 8.49. The average Bonchev–Trinajstić information content (AvgIpc) is 3.15. The number of rotatable bonds is 5. The molecule has 26 heavy (non-hydrogen) atoms. The highest BCUT2D eigenvalue weighted by molar-refractivity contribution is 5.93. The summed E-state index contributed by atoms with van der Waals surface area (Å²) in [4.78, 5) is 31.7. The van der Waals surface area contributed by atoms with E-state index in [4.69, 9.17) is 9.57 Å². The van der Waals surface area contributed by atoms with Gasteiger partial charge in [0.05, 0.1) is 19.1 Å². The minimum Gasteiger partial charge on any atom is -0.443 e. The van der Waals surface area contributed by atoms with E-state index in [1.807, 2.05) is 60.7 Å². The van der Waals surface area contributed by atoms with Crippen molar-refractivity contribution >= 4 is 17.7 Å². The van der Waals surface area contributed by atoms with Gasteiger partial charge >= 0.3 is 6.09 Å². The molecular formula is C20H22N2O4. The van der Waals surface area contributed by atoms with Gasteiger partial charge in [0.15, 0.2) is 0 Å². The average molecular weight is 354 g/mol. The first-order valence-corrected chi connectivity index (χ1v) is 8.60. The van der Waals surface area contributed by atoms with Crippen LogP contribution in [0.2, 0.25) is 0 Å². The number of carbonyl (C=O) groups excluding carboxylic acids is 2. The summed E-state index contributed by atoms with van der Waals surface area (Å²) in [7, 11) is 1.73. The zero-order valence-corrected chi connectivity index (χ0v) is 14.7. The summed E-state index contributed by atoms with van der Waals surface area (Å²) in [6, 6.07) is 18.9. The van der Waals surface area contributed by atoms with Crippen molar-refractivity contribution in [2.24, 2.45) is 0 Å². The predicted octanol–water partition coefficient (Wildman–Crippen LogP) is 3.38. The van der Waals surface area contributed by atoms with Crippen molar-refractivity contribution in [3.63, 3.8) is 0 Å². The molecule has 2 amide bonds. The van der Waals surface area contributed by atoms with Crippen LogP contribution >= 0.6 is 0 Å². The fraction of sp³-hybridized carbons (Fsp3) is 0.300. The Kier molecular flexibility index (Phi) is 5.86. The monoisotopic (exact) mass is 354 g/mol. The SMILES string of the molecule is CN(C(=O)C[C@H]1CCN(C(=O)OCc2ccccc2)O1)c1ccccc1. The van der Waals surface area contributed by atoms with E-state index in [2.05, 4.69) is 0 Å². The fourth-order valence-corrected chi connectivity index (χ4v) is 2.74. The molecule has 0 spiro atoms. The van der Waals surface area contributed by atoms with Gasteiger partial charge in [0.25, 0.3) is 0 Å². The van der Waals surface area contributed by atoms with Crippen LogP contribution in [0.5, 0.6) is 0 Å². The van der Waals surface area contributed by atoms with Crippen molar-refractivity contribution in [3.8, 4) is 0 Å². The Bertz CT molecular complexity index is 736. The third-order valence-corrected chi connectivity index (χ3v) is 4.26. The lowest BCUT2D eigenvalue weighted by Crippen LogP contribution is -2.31. The minimum absolute atomic E-state index is 0.0549. The van der Waals surface area contributed by atoms with Gasteiger partial charge in [-0.25, -0.2) is 4.79 Å². The molecule has 1 fully saturated rings. The molecule has 1 aliphatic heterocycles. The normalized spacial score (nSPS) is 16.3.